The SMILES string of the molecule is CS(=O)(=O)n1nc(C2CCNCC2)c(C(=O)O)c1N. The molecule has 2 rings (SSSR count). The van der Waals surface area contributed by atoms with Crippen LogP contribution in [-0.2, 0) is 10.0 Å². The number of carbonyl (C=O) groups is 1. The van der Waals surface area contributed by atoms with Gasteiger partial charge in [0.05, 0.1) is 11.9 Å². The Kier molecular flexibility index (Phi) is 3.50. The average molecular weight is 288 g/mol. The van der Waals surface area contributed by atoms with Crippen LogP contribution in [-0.4, -0.2) is 48.0 Å². The van der Waals surface area contributed by atoms with E-state index in [1.807, 2.05) is 0 Å². The summed E-state index contributed by atoms with van der Waals surface area (Å²) in [5, 5.41) is 16.3. The molecule has 0 amide bonds. The van der Waals surface area contributed by atoms with E-state index in [-0.39, 0.29) is 23.0 Å². The zero-order valence-electron chi connectivity index (χ0n) is 10.5. The molecule has 1 aliphatic heterocycles. The zero-order valence-corrected chi connectivity index (χ0v) is 11.3. The van der Waals surface area contributed by atoms with Crippen molar-refractivity contribution in [3.63, 3.8) is 0 Å². The van der Waals surface area contributed by atoms with E-state index in [4.69, 9.17) is 5.73 Å². The number of hydrogen-bond acceptors (Lipinski definition) is 6. The predicted molar refractivity (Wildman–Crippen MR) is 68.7 cm³/mol. The Labute approximate surface area is 110 Å². The van der Waals surface area contributed by atoms with Crippen LogP contribution >= 0.6 is 0 Å². The highest BCUT2D eigenvalue weighted by atomic mass is 32.2. The lowest BCUT2D eigenvalue weighted by molar-refractivity contribution is 0.0696. The van der Waals surface area contributed by atoms with E-state index < -0.39 is 16.0 Å². The number of carboxylic acids is 1. The minimum absolute atomic E-state index is 0.0855. The minimum Gasteiger partial charge on any atom is -0.477 e. The van der Waals surface area contributed by atoms with Crippen molar-refractivity contribution in [2.24, 2.45) is 0 Å². The van der Waals surface area contributed by atoms with Gasteiger partial charge in [-0.05, 0) is 25.9 Å². The number of nitrogens with zero attached hydrogens (tertiary/aromatic N) is 2. The number of nitrogens with two attached hydrogens (primary N) is 1. The van der Waals surface area contributed by atoms with Gasteiger partial charge < -0.3 is 16.2 Å². The van der Waals surface area contributed by atoms with Gasteiger partial charge in [-0.1, -0.05) is 0 Å². The van der Waals surface area contributed by atoms with Crippen LogP contribution in [0.3, 0.4) is 0 Å². The number of nitrogen functional groups attached to an aromatic ring is 1. The molecule has 0 radical (unpaired) electrons. The van der Waals surface area contributed by atoms with E-state index in [1.54, 1.807) is 0 Å². The van der Waals surface area contributed by atoms with Gasteiger partial charge in [-0.2, -0.15) is 5.10 Å². The standard InChI is InChI=1S/C10H16N4O4S/c1-19(17,18)14-9(11)7(10(15)16)8(13-14)6-2-4-12-5-3-6/h6,12H,2-5,11H2,1H3,(H,15,16). The van der Waals surface area contributed by atoms with Gasteiger partial charge >= 0.3 is 5.97 Å². The van der Waals surface area contributed by atoms with Crippen molar-refractivity contribution in [3.05, 3.63) is 11.3 Å². The fourth-order valence-corrected chi connectivity index (χ4v) is 2.97. The molecule has 0 spiro atoms. The number of aromatic carboxylic acids is 1. The van der Waals surface area contributed by atoms with Crippen LogP contribution in [0.4, 0.5) is 5.82 Å². The van der Waals surface area contributed by atoms with Crippen LogP contribution in [0, 0.1) is 0 Å². The number of anilines is 1. The summed E-state index contributed by atoms with van der Waals surface area (Å²) in [6.07, 6.45) is 2.36. The summed E-state index contributed by atoms with van der Waals surface area (Å²) in [5.41, 5.74) is 5.69. The molecule has 4 N–H and O–H groups in total. The van der Waals surface area contributed by atoms with Gasteiger partial charge in [0.25, 0.3) is 10.0 Å². The first-order valence-electron chi connectivity index (χ1n) is 5.85. The molecule has 0 aromatic carbocycles. The molecule has 19 heavy (non-hydrogen) atoms. The molecule has 1 aromatic rings. The number of hydrogen-bond donors (Lipinski definition) is 3. The van der Waals surface area contributed by atoms with Crippen molar-refractivity contribution in [2.45, 2.75) is 18.8 Å². The van der Waals surface area contributed by atoms with E-state index in [0.29, 0.717) is 16.9 Å². The quantitative estimate of drug-likeness (QED) is 0.680. The molecule has 1 saturated heterocycles. The zero-order chi connectivity index (χ0) is 14.2. The largest absolute Gasteiger partial charge is 0.477 e. The average Bonchev–Trinajstić information content (AvgIpc) is 2.68. The van der Waals surface area contributed by atoms with Crippen molar-refractivity contribution in [3.8, 4) is 0 Å². The van der Waals surface area contributed by atoms with Crippen molar-refractivity contribution in [1.29, 1.82) is 0 Å². The van der Waals surface area contributed by atoms with Gasteiger partial charge in [0.2, 0.25) is 0 Å². The minimum atomic E-state index is -3.71. The lowest BCUT2D eigenvalue weighted by Gasteiger charge is -2.21. The maximum atomic E-state index is 11.5. The molecule has 1 fully saturated rings. The summed E-state index contributed by atoms with van der Waals surface area (Å²) in [5.74, 6) is -1.66. The van der Waals surface area contributed by atoms with E-state index in [2.05, 4.69) is 10.4 Å². The van der Waals surface area contributed by atoms with Crippen LogP contribution in [0.5, 0.6) is 0 Å². The lowest BCUT2D eigenvalue weighted by atomic mass is 9.92. The smallest absolute Gasteiger partial charge is 0.341 e. The van der Waals surface area contributed by atoms with Crippen LogP contribution < -0.4 is 11.1 Å². The highest BCUT2D eigenvalue weighted by Crippen LogP contribution is 2.30. The first-order chi connectivity index (χ1) is 8.82. The lowest BCUT2D eigenvalue weighted by Crippen LogP contribution is -2.27. The first kappa shape index (κ1) is 13.8. The first-order valence-corrected chi connectivity index (χ1v) is 7.70. The number of nitrogens with one attached hydrogen (secondary N) is 1. The third kappa shape index (κ3) is 2.56. The second kappa shape index (κ2) is 4.82. The maximum Gasteiger partial charge on any atom is 0.341 e. The number of aromatic nitrogens is 2. The summed E-state index contributed by atoms with van der Waals surface area (Å²) in [4.78, 5) is 11.3. The molecule has 106 valence electrons. The molecule has 2 heterocycles. The molecule has 0 unspecified atom stereocenters. The number of piperidine rings is 1. The Morgan fingerprint density at radius 3 is 2.53 bits per heavy atom. The molecule has 0 atom stereocenters. The third-order valence-electron chi connectivity index (χ3n) is 3.17. The highest BCUT2D eigenvalue weighted by molar-refractivity contribution is 7.89. The molecule has 1 aliphatic rings. The van der Waals surface area contributed by atoms with E-state index >= 15 is 0 Å². The van der Waals surface area contributed by atoms with Gasteiger partial charge in [-0.15, -0.1) is 4.09 Å². The Bertz CT molecular complexity index is 601. The summed E-state index contributed by atoms with van der Waals surface area (Å²) < 4.78 is 23.7. The molecular formula is C10H16N4O4S. The molecule has 0 aliphatic carbocycles. The Hall–Kier alpha value is -1.61. The van der Waals surface area contributed by atoms with Crippen LogP contribution in [0.2, 0.25) is 0 Å². The van der Waals surface area contributed by atoms with E-state index in [1.165, 1.54) is 0 Å². The third-order valence-corrected chi connectivity index (χ3v) is 4.08. The maximum absolute atomic E-state index is 11.5. The summed E-state index contributed by atoms with van der Waals surface area (Å²) in [6, 6.07) is 0. The van der Waals surface area contributed by atoms with Gasteiger partial charge in [0.1, 0.15) is 5.56 Å². The molecule has 1 aromatic heterocycles. The van der Waals surface area contributed by atoms with Crippen molar-refractivity contribution < 1.29 is 18.3 Å². The van der Waals surface area contributed by atoms with Crippen molar-refractivity contribution in [1.82, 2.24) is 14.5 Å². The molecule has 8 nitrogen and oxygen atoms in total. The van der Waals surface area contributed by atoms with E-state index in [9.17, 15) is 18.3 Å². The fraction of sp³-hybridized carbons (Fsp3) is 0.600. The van der Waals surface area contributed by atoms with E-state index in [0.717, 1.165) is 19.3 Å². The van der Waals surface area contributed by atoms with Gasteiger partial charge in [-0.25, -0.2) is 13.2 Å². The highest BCUT2D eigenvalue weighted by Gasteiger charge is 2.30. The predicted octanol–water partition coefficient (Wildman–Crippen LogP) is -0.562. The van der Waals surface area contributed by atoms with Gasteiger partial charge in [0, 0.05) is 5.92 Å². The summed E-state index contributed by atoms with van der Waals surface area (Å²) in [6.45, 7) is 1.49. The topological polar surface area (TPSA) is 127 Å². The second-order valence-corrected chi connectivity index (χ2v) is 6.39. The Morgan fingerprint density at radius 2 is 2.05 bits per heavy atom. The van der Waals surface area contributed by atoms with Crippen molar-refractivity contribution in [2.75, 3.05) is 25.1 Å². The van der Waals surface area contributed by atoms with Gasteiger partial charge in [-0.3, -0.25) is 0 Å². The van der Waals surface area contributed by atoms with Crippen LogP contribution in [0.15, 0.2) is 0 Å². The number of carboxylic acid groups (broad SMARTS) is 1. The summed E-state index contributed by atoms with van der Waals surface area (Å²) >= 11 is 0. The molecular weight excluding hydrogens is 272 g/mol. The monoisotopic (exact) mass is 288 g/mol. The number of rotatable bonds is 3. The summed E-state index contributed by atoms with van der Waals surface area (Å²) in [7, 11) is -3.71. The van der Waals surface area contributed by atoms with Crippen LogP contribution in [0.25, 0.3) is 0 Å². The Morgan fingerprint density at radius 1 is 1.47 bits per heavy atom. The molecule has 9 heteroatoms. The van der Waals surface area contributed by atoms with Crippen LogP contribution in [0.1, 0.15) is 34.8 Å². The van der Waals surface area contributed by atoms with Gasteiger partial charge in [0.15, 0.2) is 5.82 Å². The molecule has 0 saturated carbocycles. The second-order valence-electron chi connectivity index (χ2n) is 4.58. The molecule has 0 bridgehead atoms. The fourth-order valence-electron chi connectivity index (χ4n) is 2.28. The van der Waals surface area contributed by atoms with Crippen molar-refractivity contribution >= 4 is 21.8 Å². The Balaban J connectivity index is 2.56. The normalized spacial score (nSPS) is 17.5.